The minimum Gasteiger partial charge on any atom is -0.336 e. The Morgan fingerprint density at radius 1 is 1.43 bits per heavy atom. The number of nitrogens with zero attached hydrogens (tertiary/aromatic N) is 4. The summed E-state index contributed by atoms with van der Waals surface area (Å²) in [6, 6.07) is 3.94. The average Bonchev–Trinajstić information content (AvgIpc) is 2.87. The first-order valence-corrected chi connectivity index (χ1v) is 7.52. The largest absolute Gasteiger partial charge is 0.336 e. The molecule has 0 spiro atoms. The van der Waals surface area contributed by atoms with Crippen LogP contribution in [0.5, 0.6) is 0 Å². The third kappa shape index (κ3) is 3.97. The highest BCUT2D eigenvalue weighted by molar-refractivity contribution is 5.74. The lowest BCUT2D eigenvalue weighted by Gasteiger charge is -2.29. The van der Waals surface area contributed by atoms with E-state index >= 15 is 0 Å². The number of urea groups is 1. The molecule has 2 rings (SSSR count). The average molecular weight is 289 g/mol. The van der Waals surface area contributed by atoms with Crippen LogP contribution in [-0.4, -0.2) is 33.3 Å². The predicted molar refractivity (Wildman–Crippen MR) is 79.4 cm³/mol. The summed E-state index contributed by atoms with van der Waals surface area (Å²) >= 11 is 0. The minimum absolute atomic E-state index is 0.0304. The van der Waals surface area contributed by atoms with Gasteiger partial charge < -0.3 is 10.2 Å². The van der Waals surface area contributed by atoms with Crippen LogP contribution in [0, 0.1) is 17.2 Å². The molecule has 2 heterocycles. The van der Waals surface area contributed by atoms with Gasteiger partial charge in [-0.3, -0.25) is 4.68 Å². The van der Waals surface area contributed by atoms with Gasteiger partial charge in [0.2, 0.25) is 0 Å². The number of aromatic nitrogens is 2. The molecule has 6 heteroatoms. The van der Waals surface area contributed by atoms with Gasteiger partial charge in [-0.25, -0.2) is 4.79 Å². The van der Waals surface area contributed by atoms with Crippen molar-refractivity contribution >= 4 is 6.03 Å². The van der Waals surface area contributed by atoms with E-state index in [0.717, 1.165) is 18.5 Å². The molecule has 1 aromatic heterocycles. The second-order valence-electron chi connectivity index (χ2n) is 6.10. The van der Waals surface area contributed by atoms with Crippen LogP contribution >= 0.6 is 0 Å². The molecule has 1 unspecified atom stereocenters. The van der Waals surface area contributed by atoms with Crippen molar-refractivity contribution in [1.29, 1.82) is 5.26 Å². The number of carbonyl (C=O) groups excluding carboxylic acids is 1. The Hall–Kier alpha value is -2.03. The van der Waals surface area contributed by atoms with E-state index in [4.69, 9.17) is 5.26 Å². The molecule has 0 bridgehead atoms. The summed E-state index contributed by atoms with van der Waals surface area (Å²) in [5.41, 5.74) is 1.33. The second kappa shape index (κ2) is 6.61. The zero-order valence-electron chi connectivity index (χ0n) is 13.0. The molecule has 1 N–H and O–H groups in total. The Balaban J connectivity index is 1.88. The zero-order valence-corrected chi connectivity index (χ0v) is 13.0. The maximum atomic E-state index is 12.3. The van der Waals surface area contributed by atoms with Crippen molar-refractivity contribution in [2.45, 2.75) is 52.7 Å². The van der Waals surface area contributed by atoms with E-state index in [2.05, 4.69) is 24.3 Å². The van der Waals surface area contributed by atoms with Crippen LogP contribution in [-0.2, 0) is 13.1 Å². The first-order valence-electron chi connectivity index (χ1n) is 7.52. The van der Waals surface area contributed by atoms with Gasteiger partial charge in [-0.15, -0.1) is 0 Å². The van der Waals surface area contributed by atoms with Crippen molar-refractivity contribution in [3.63, 3.8) is 0 Å². The molecule has 0 fully saturated rings. The SMILES string of the molecule is CC(C)CCC(C)NC(=O)N1CCn2nc(C#N)cc2C1. The standard InChI is InChI=1S/C15H23N5O/c1-11(2)4-5-12(3)17-15(21)19-6-7-20-14(10-19)8-13(9-16)18-20/h8,11-12H,4-7,10H2,1-3H3,(H,17,21). The van der Waals surface area contributed by atoms with Crippen LogP contribution < -0.4 is 5.32 Å². The lowest BCUT2D eigenvalue weighted by molar-refractivity contribution is 0.177. The Bertz CT molecular complexity index is 543. The van der Waals surface area contributed by atoms with Crippen LogP contribution in [0.2, 0.25) is 0 Å². The van der Waals surface area contributed by atoms with Crippen LogP contribution in [0.3, 0.4) is 0 Å². The molecule has 0 aliphatic carbocycles. The molecule has 21 heavy (non-hydrogen) atoms. The fourth-order valence-electron chi connectivity index (χ4n) is 2.45. The van der Waals surface area contributed by atoms with E-state index in [1.54, 1.807) is 11.0 Å². The number of rotatable bonds is 4. The Morgan fingerprint density at radius 2 is 2.19 bits per heavy atom. The number of nitriles is 1. The van der Waals surface area contributed by atoms with Crippen LogP contribution in [0.15, 0.2) is 6.07 Å². The Kier molecular flexibility index (Phi) is 4.84. The topological polar surface area (TPSA) is 74.0 Å². The van der Waals surface area contributed by atoms with Crippen LogP contribution in [0.4, 0.5) is 4.79 Å². The molecule has 114 valence electrons. The maximum Gasteiger partial charge on any atom is 0.318 e. The second-order valence-corrected chi connectivity index (χ2v) is 6.10. The molecule has 0 saturated heterocycles. The summed E-state index contributed by atoms with van der Waals surface area (Å²) in [6.07, 6.45) is 2.10. The Morgan fingerprint density at radius 3 is 2.86 bits per heavy atom. The van der Waals surface area contributed by atoms with Crippen molar-refractivity contribution in [2.75, 3.05) is 6.54 Å². The minimum atomic E-state index is -0.0304. The summed E-state index contributed by atoms with van der Waals surface area (Å²) in [4.78, 5) is 14.0. The number of amides is 2. The van der Waals surface area contributed by atoms with E-state index in [-0.39, 0.29) is 12.1 Å². The number of hydrogen-bond acceptors (Lipinski definition) is 3. The van der Waals surface area contributed by atoms with Gasteiger partial charge in [-0.1, -0.05) is 13.8 Å². The normalized spacial score (nSPS) is 15.5. The van der Waals surface area contributed by atoms with Gasteiger partial charge in [-0.2, -0.15) is 10.4 Å². The van der Waals surface area contributed by atoms with Gasteiger partial charge in [0, 0.05) is 12.6 Å². The molecule has 0 aromatic carbocycles. The van der Waals surface area contributed by atoms with Crippen molar-refractivity contribution in [1.82, 2.24) is 20.0 Å². The van der Waals surface area contributed by atoms with Crippen molar-refractivity contribution in [2.24, 2.45) is 5.92 Å². The molecule has 6 nitrogen and oxygen atoms in total. The monoisotopic (exact) mass is 289 g/mol. The van der Waals surface area contributed by atoms with Gasteiger partial charge in [-0.05, 0) is 31.7 Å². The molecule has 1 aliphatic rings. The molecule has 1 aromatic rings. The fraction of sp³-hybridized carbons (Fsp3) is 0.667. The number of hydrogen-bond donors (Lipinski definition) is 1. The number of fused-ring (bicyclic) bond motifs is 1. The highest BCUT2D eigenvalue weighted by atomic mass is 16.2. The highest BCUT2D eigenvalue weighted by Gasteiger charge is 2.23. The van der Waals surface area contributed by atoms with E-state index in [1.807, 2.05) is 17.7 Å². The predicted octanol–water partition coefficient (Wildman–Crippen LogP) is 2.10. The summed E-state index contributed by atoms with van der Waals surface area (Å²) in [6.45, 7) is 8.20. The molecular weight excluding hydrogens is 266 g/mol. The van der Waals surface area contributed by atoms with Gasteiger partial charge in [0.1, 0.15) is 6.07 Å². The molecule has 1 aliphatic heterocycles. The third-order valence-corrected chi connectivity index (χ3v) is 3.75. The van der Waals surface area contributed by atoms with Gasteiger partial charge >= 0.3 is 6.03 Å². The first kappa shape index (κ1) is 15.4. The van der Waals surface area contributed by atoms with Gasteiger partial charge in [0.25, 0.3) is 0 Å². The third-order valence-electron chi connectivity index (χ3n) is 3.75. The van der Waals surface area contributed by atoms with Gasteiger partial charge in [0.15, 0.2) is 5.69 Å². The van der Waals surface area contributed by atoms with Crippen molar-refractivity contribution < 1.29 is 4.79 Å². The molecule has 0 saturated carbocycles. The van der Waals surface area contributed by atoms with E-state index in [0.29, 0.717) is 31.2 Å². The van der Waals surface area contributed by atoms with E-state index < -0.39 is 0 Å². The van der Waals surface area contributed by atoms with E-state index in [1.165, 1.54) is 0 Å². The quantitative estimate of drug-likeness (QED) is 0.922. The lowest BCUT2D eigenvalue weighted by atomic mass is 10.0. The molecule has 2 amide bonds. The molecule has 0 radical (unpaired) electrons. The van der Waals surface area contributed by atoms with Gasteiger partial charge in [0.05, 0.1) is 18.8 Å². The Labute approximate surface area is 125 Å². The summed E-state index contributed by atoms with van der Waals surface area (Å²) in [5, 5.41) is 16.1. The van der Waals surface area contributed by atoms with Crippen LogP contribution in [0.1, 0.15) is 45.0 Å². The summed E-state index contributed by atoms with van der Waals surface area (Å²) < 4.78 is 1.81. The fourth-order valence-corrected chi connectivity index (χ4v) is 2.45. The molecular formula is C15H23N5O. The maximum absolute atomic E-state index is 12.3. The van der Waals surface area contributed by atoms with Crippen LogP contribution in [0.25, 0.3) is 0 Å². The molecule has 1 atom stereocenters. The zero-order chi connectivity index (χ0) is 15.4. The smallest absolute Gasteiger partial charge is 0.318 e. The van der Waals surface area contributed by atoms with Crippen molar-refractivity contribution in [3.8, 4) is 6.07 Å². The summed E-state index contributed by atoms with van der Waals surface area (Å²) in [5.74, 6) is 0.651. The van der Waals surface area contributed by atoms with Crippen molar-refractivity contribution in [3.05, 3.63) is 17.5 Å². The highest BCUT2D eigenvalue weighted by Crippen LogP contribution is 2.14. The first-order chi connectivity index (χ1) is 9.99. The number of nitrogens with one attached hydrogen (secondary N) is 1. The lowest BCUT2D eigenvalue weighted by Crippen LogP contribution is -2.47. The summed E-state index contributed by atoms with van der Waals surface area (Å²) in [7, 11) is 0. The van der Waals surface area contributed by atoms with E-state index in [9.17, 15) is 4.79 Å². The number of carbonyl (C=O) groups is 1.